The first-order valence-corrected chi connectivity index (χ1v) is 11.4. The van der Waals surface area contributed by atoms with E-state index in [1.807, 2.05) is 0 Å². The van der Waals surface area contributed by atoms with Gasteiger partial charge in [0.05, 0.1) is 11.9 Å². The Morgan fingerprint density at radius 1 is 1.19 bits per heavy atom. The van der Waals surface area contributed by atoms with Gasteiger partial charge in [-0.15, -0.1) is 0 Å². The van der Waals surface area contributed by atoms with Crippen molar-refractivity contribution in [3.8, 4) is 11.5 Å². The number of amides is 1. The molecule has 8 heteroatoms. The topological polar surface area (TPSA) is 84.9 Å². The summed E-state index contributed by atoms with van der Waals surface area (Å²) >= 11 is 0. The van der Waals surface area contributed by atoms with Crippen LogP contribution in [0.1, 0.15) is 32.6 Å². The summed E-state index contributed by atoms with van der Waals surface area (Å²) in [6, 6.07) is 4.28. The van der Waals surface area contributed by atoms with E-state index in [4.69, 9.17) is 9.47 Å². The van der Waals surface area contributed by atoms with E-state index in [9.17, 15) is 13.2 Å². The van der Waals surface area contributed by atoms with Crippen LogP contribution in [0.3, 0.4) is 0 Å². The van der Waals surface area contributed by atoms with Crippen LogP contribution in [0.25, 0.3) is 0 Å². The Morgan fingerprint density at radius 3 is 2.56 bits per heavy atom. The van der Waals surface area contributed by atoms with Crippen LogP contribution in [0.15, 0.2) is 18.2 Å². The summed E-state index contributed by atoms with van der Waals surface area (Å²) in [7, 11) is -3.66. The molecule has 0 saturated heterocycles. The van der Waals surface area contributed by atoms with Crippen LogP contribution < -0.4 is 19.1 Å². The molecule has 4 rings (SSSR count). The minimum atomic E-state index is -3.66. The number of carbonyl (C=O) groups excluding carboxylic acids is 1. The smallest absolute Gasteiger partial charge is 0.243 e. The standard InChI is InChI=1S/C19H26N2O5S/c1-12(19(22)20-16-10-13-3-4-14(16)9-13)21(27(2,23)24)15-5-6-17-18(11-15)26-8-7-25-17/h5-6,11-14,16H,3-4,7-10H2,1-2H3,(H,20,22)/t12-,13+,14+,16-/m1/s1. The molecule has 148 valence electrons. The number of carbonyl (C=O) groups is 1. The minimum Gasteiger partial charge on any atom is -0.486 e. The number of hydrogen-bond donors (Lipinski definition) is 1. The normalized spacial score (nSPS) is 27.3. The zero-order valence-electron chi connectivity index (χ0n) is 15.7. The summed E-state index contributed by atoms with van der Waals surface area (Å²) in [6.07, 6.45) is 5.70. The largest absolute Gasteiger partial charge is 0.486 e. The van der Waals surface area contributed by atoms with Gasteiger partial charge in [-0.2, -0.15) is 0 Å². The predicted molar refractivity (Wildman–Crippen MR) is 102 cm³/mol. The molecule has 4 atom stereocenters. The monoisotopic (exact) mass is 394 g/mol. The van der Waals surface area contributed by atoms with E-state index in [1.165, 1.54) is 12.8 Å². The summed E-state index contributed by atoms with van der Waals surface area (Å²) < 4.78 is 37.2. The molecule has 1 N–H and O–H groups in total. The predicted octanol–water partition coefficient (Wildman–Crippen LogP) is 1.92. The van der Waals surface area contributed by atoms with Gasteiger partial charge in [0.15, 0.2) is 11.5 Å². The minimum absolute atomic E-state index is 0.167. The van der Waals surface area contributed by atoms with Gasteiger partial charge >= 0.3 is 0 Å². The molecular formula is C19H26N2O5S. The first-order valence-electron chi connectivity index (χ1n) is 9.52. The lowest BCUT2D eigenvalue weighted by Crippen LogP contribution is -2.51. The van der Waals surface area contributed by atoms with Gasteiger partial charge in [0, 0.05) is 12.1 Å². The summed E-state index contributed by atoms with van der Waals surface area (Å²) in [6.45, 7) is 2.50. The number of ether oxygens (including phenoxy) is 2. The van der Waals surface area contributed by atoms with Crippen molar-refractivity contribution in [3.05, 3.63) is 18.2 Å². The fourth-order valence-electron chi connectivity index (χ4n) is 4.70. The molecule has 3 aliphatic rings. The molecule has 1 amide bonds. The van der Waals surface area contributed by atoms with Gasteiger partial charge in [-0.1, -0.05) is 6.42 Å². The van der Waals surface area contributed by atoms with Crippen molar-refractivity contribution in [1.29, 1.82) is 0 Å². The van der Waals surface area contributed by atoms with Crippen LogP contribution in [0, 0.1) is 11.8 Å². The Kier molecular flexibility index (Phi) is 4.70. The van der Waals surface area contributed by atoms with Gasteiger partial charge in [-0.25, -0.2) is 8.42 Å². The fraction of sp³-hybridized carbons (Fsp3) is 0.632. The number of rotatable bonds is 5. The summed E-state index contributed by atoms with van der Waals surface area (Å²) in [5.74, 6) is 2.06. The molecule has 0 aromatic heterocycles. The molecular weight excluding hydrogens is 368 g/mol. The summed E-state index contributed by atoms with van der Waals surface area (Å²) in [5, 5.41) is 3.09. The van der Waals surface area contributed by atoms with Crippen LogP contribution in [-0.2, 0) is 14.8 Å². The van der Waals surface area contributed by atoms with Gasteiger partial charge in [-0.05, 0) is 50.2 Å². The van der Waals surface area contributed by atoms with E-state index in [2.05, 4.69) is 5.32 Å². The van der Waals surface area contributed by atoms with Crippen LogP contribution in [0.4, 0.5) is 5.69 Å². The Labute approximate surface area is 160 Å². The number of fused-ring (bicyclic) bond motifs is 3. The SMILES string of the molecule is C[C@H](C(=O)N[C@@H]1C[C@H]2CC[C@H]1C2)N(c1ccc2c(c1)OCCO2)S(C)(=O)=O. The third-order valence-corrected chi connectivity index (χ3v) is 7.18. The van der Waals surface area contributed by atoms with Crippen LogP contribution in [0.2, 0.25) is 0 Å². The highest BCUT2D eigenvalue weighted by Gasteiger charge is 2.41. The van der Waals surface area contributed by atoms with E-state index in [1.54, 1.807) is 25.1 Å². The van der Waals surface area contributed by atoms with Crippen LogP contribution >= 0.6 is 0 Å². The summed E-state index contributed by atoms with van der Waals surface area (Å²) in [5.41, 5.74) is 0.400. The zero-order chi connectivity index (χ0) is 19.2. The molecule has 2 saturated carbocycles. The Morgan fingerprint density at radius 2 is 1.93 bits per heavy atom. The average molecular weight is 394 g/mol. The van der Waals surface area contributed by atoms with Gasteiger partial charge in [0.25, 0.3) is 0 Å². The van der Waals surface area contributed by atoms with Crippen molar-refractivity contribution < 1.29 is 22.7 Å². The molecule has 1 aromatic carbocycles. The highest BCUT2D eigenvalue weighted by molar-refractivity contribution is 7.92. The number of anilines is 1. The van der Waals surface area contributed by atoms with Crippen LogP contribution in [-0.4, -0.2) is 45.9 Å². The first kappa shape index (κ1) is 18.4. The number of nitrogens with one attached hydrogen (secondary N) is 1. The zero-order valence-corrected chi connectivity index (χ0v) is 16.5. The van der Waals surface area contributed by atoms with E-state index in [0.717, 1.165) is 23.4 Å². The Balaban J connectivity index is 1.55. The lowest BCUT2D eigenvalue weighted by Gasteiger charge is -2.31. The van der Waals surface area contributed by atoms with Gasteiger partial charge in [0.1, 0.15) is 19.3 Å². The first-order chi connectivity index (χ1) is 12.8. The number of hydrogen-bond acceptors (Lipinski definition) is 5. The maximum atomic E-state index is 12.9. The summed E-state index contributed by atoms with van der Waals surface area (Å²) in [4.78, 5) is 12.9. The third-order valence-electron chi connectivity index (χ3n) is 5.93. The molecule has 0 radical (unpaired) electrons. The maximum Gasteiger partial charge on any atom is 0.243 e. The number of nitrogens with zero attached hydrogens (tertiary/aromatic N) is 1. The average Bonchev–Trinajstić information content (AvgIpc) is 3.23. The van der Waals surface area contributed by atoms with Crippen LogP contribution in [0.5, 0.6) is 11.5 Å². The molecule has 0 unspecified atom stereocenters. The van der Waals surface area contributed by atoms with Crippen molar-refractivity contribution in [2.24, 2.45) is 11.8 Å². The molecule has 27 heavy (non-hydrogen) atoms. The second kappa shape index (κ2) is 6.89. The number of benzene rings is 1. The highest BCUT2D eigenvalue weighted by atomic mass is 32.2. The molecule has 1 aromatic rings. The fourth-order valence-corrected chi connectivity index (χ4v) is 5.87. The van der Waals surface area contributed by atoms with E-state index >= 15 is 0 Å². The lowest BCUT2D eigenvalue weighted by molar-refractivity contribution is -0.122. The maximum absolute atomic E-state index is 12.9. The molecule has 1 heterocycles. The molecule has 2 fully saturated rings. The Bertz CT molecular complexity index is 841. The second-order valence-corrected chi connectivity index (χ2v) is 9.71. The van der Waals surface area contributed by atoms with Gasteiger partial charge in [0.2, 0.25) is 15.9 Å². The Hall–Kier alpha value is -1.96. The lowest BCUT2D eigenvalue weighted by atomic mass is 9.95. The van der Waals surface area contributed by atoms with E-state index in [0.29, 0.717) is 42.2 Å². The van der Waals surface area contributed by atoms with Crippen molar-refractivity contribution in [2.75, 3.05) is 23.8 Å². The van der Waals surface area contributed by atoms with E-state index in [-0.39, 0.29) is 11.9 Å². The molecule has 2 bridgehead atoms. The number of sulfonamides is 1. The van der Waals surface area contributed by atoms with Crippen molar-refractivity contribution in [2.45, 2.75) is 44.7 Å². The van der Waals surface area contributed by atoms with E-state index < -0.39 is 16.1 Å². The van der Waals surface area contributed by atoms with Gasteiger partial charge < -0.3 is 14.8 Å². The molecule has 1 aliphatic heterocycles. The molecule has 7 nitrogen and oxygen atoms in total. The van der Waals surface area contributed by atoms with Crippen molar-refractivity contribution in [3.63, 3.8) is 0 Å². The van der Waals surface area contributed by atoms with Crippen molar-refractivity contribution >= 4 is 21.6 Å². The molecule has 2 aliphatic carbocycles. The van der Waals surface area contributed by atoms with Crippen molar-refractivity contribution in [1.82, 2.24) is 5.32 Å². The molecule has 0 spiro atoms. The quantitative estimate of drug-likeness (QED) is 0.825. The third kappa shape index (κ3) is 3.59. The highest BCUT2D eigenvalue weighted by Crippen LogP contribution is 2.44. The second-order valence-electron chi connectivity index (χ2n) is 7.85. The van der Waals surface area contributed by atoms with Gasteiger partial charge in [-0.3, -0.25) is 9.10 Å².